The number of methoxy groups -OCH3 is 1. The molecule has 0 aliphatic heterocycles. The summed E-state index contributed by atoms with van der Waals surface area (Å²) in [7, 11) is 1.64. The van der Waals surface area contributed by atoms with Crippen LogP contribution in [-0.4, -0.2) is 49.0 Å². The molecule has 1 aromatic heterocycles. The number of hydrogen-bond donors (Lipinski definition) is 2. The molecular weight excluding hydrogens is 368 g/mol. The van der Waals surface area contributed by atoms with Crippen LogP contribution in [0.25, 0.3) is 17.0 Å². The van der Waals surface area contributed by atoms with E-state index in [1.165, 1.54) is 0 Å². The average molecular weight is 392 g/mol. The largest absolute Gasteiger partial charge is 0.496 e. The van der Waals surface area contributed by atoms with E-state index < -0.39 is 12.1 Å². The molecule has 3 rings (SSSR count). The molecule has 0 bridgehead atoms. The van der Waals surface area contributed by atoms with Gasteiger partial charge < -0.3 is 19.9 Å². The van der Waals surface area contributed by atoms with Crippen molar-refractivity contribution in [2.45, 2.75) is 6.10 Å². The van der Waals surface area contributed by atoms with Gasteiger partial charge in [0.1, 0.15) is 18.5 Å². The number of aliphatic hydroxyl groups is 1. The van der Waals surface area contributed by atoms with E-state index in [-0.39, 0.29) is 6.61 Å². The van der Waals surface area contributed by atoms with Crippen molar-refractivity contribution in [1.29, 1.82) is 0 Å². The minimum Gasteiger partial charge on any atom is -0.496 e. The third-order valence-electron chi connectivity index (χ3n) is 4.33. The highest BCUT2D eigenvalue weighted by Gasteiger charge is 2.11. The quantitative estimate of drug-likeness (QED) is 0.430. The summed E-state index contributed by atoms with van der Waals surface area (Å²) in [6.07, 6.45) is 4.78. The number of carbonyl (C=O) groups is 1. The van der Waals surface area contributed by atoms with Gasteiger partial charge in [0.25, 0.3) is 0 Å². The number of aromatic nitrogens is 1. The lowest BCUT2D eigenvalue weighted by molar-refractivity contribution is 0.0261. The van der Waals surface area contributed by atoms with Crippen molar-refractivity contribution in [2.24, 2.45) is 0 Å². The molecule has 2 N–H and O–H groups in total. The van der Waals surface area contributed by atoms with Gasteiger partial charge in [-0.05, 0) is 24.3 Å². The summed E-state index contributed by atoms with van der Waals surface area (Å²) < 4.78 is 10.5. The zero-order chi connectivity index (χ0) is 20.5. The van der Waals surface area contributed by atoms with Crippen molar-refractivity contribution < 1.29 is 19.4 Å². The van der Waals surface area contributed by atoms with Gasteiger partial charge in [0.15, 0.2) is 0 Å². The van der Waals surface area contributed by atoms with Crippen LogP contribution in [0.15, 0.2) is 66.9 Å². The number of pyridine rings is 1. The molecule has 2 aromatic carbocycles. The van der Waals surface area contributed by atoms with Gasteiger partial charge in [-0.25, -0.2) is 4.79 Å². The maximum absolute atomic E-state index is 12.2. The highest BCUT2D eigenvalue weighted by atomic mass is 16.5. The van der Waals surface area contributed by atoms with Crippen molar-refractivity contribution >= 4 is 22.9 Å². The second-order valence-corrected chi connectivity index (χ2v) is 6.47. The van der Waals surface area contributed by atoms with E-state index in [9.17, 15) is 9.90 Å². The number of ether oxygens (including phenoxy) is 2. The summed E-state index contributed by atoms with van der Waals surface area (Å²) in [4.78, 5) is 16.4. The molecule has 29 heavy (non-hydrogen) atoms. The van der Waals surface area contributed by atoms with Crippen LogP contribution < -0.4 is 10.1 Å². The summed E-state index contributed by atoms with van der Waals surface area (Å²) in [5.74, 6) is 0.326. The lowest BCUT2D eigenvalue weighted by Gasteiger charge is -2.12. The average Bonchev–Trinajstić information content (AvgIpc) is 2.77. The molecule has 0 amide bonds. The third-order valence-corrected chi connectivity index (χ3v) is 4.33. The second-order valence-electron chi connectivity index (χ2n) is 6.47. The second kappa shape index (κ2) is 10.4. The molecule has 0 aliphatic carbocycles. The highest BCUT2D eigenvalue weighted by Crippen LogP contribution is 2.18. The first kappa shape index (κ1) is 20.5. The first-order valence-corrected chi connectivity index (χ1v) is 9.37. The van der Waals surface area contributed by atoms with Crippen LogP contribution in [0.5, 0.6) is 5.75 Å². The number of rotatable bonds is 9. The van der Waals surface area contributed by atoms with Crippen LogP contribution in [0.3, 0.4) is 0 Å². The zero-order valence-electron chi connectivity index (χ0n) is 16.2. The van der Waals surface area contributed by atoms with Crippen molar-refractivity contribution in [1.82, 2.24) is 10.3 Å². The fraction of sp³-hybridized carbons (Fsp3) is 0.217. The lowest BCUT2D eigenvalue weighted by Crippen LogP contribution is -2.31. The summed E-state index contributed by atoms with van der Waals surface area (Å²) >= 11 is 0. The summed E-state index contributed by atoms with van der Waals surface area (Å²) in [5.41, 5.74) is 2.12. The van der Waals surface area contributed by atoms with Crippen LogP contribution >= 0.6 is 0 Å². The molecule has 150 valence electrons. The van der Waals surface area contributed by atoms with Crippen molar-refractivity contribution in [3.8, 4) is 5.75 Å². The van der Waals surface area contributed by atoms with Gasteiger partial charge in [0.2, 0.25) is 0 Å². The van der Waals surface area contributed by atoms with Crippen LogP contribution in [0.1, 0.15) is 15.9 Å². The highest BCUT2D eigenvalue weighted by molar-refractivity contribution is 5.94. The molecule has 3 aromatic rings. The maximum Gasteiger partial charge on any atom is 0.338 e. The van der Waals surface area contributed by atoms with E-state index in [0.29, 0.717) is 18.7 Å². The van der Waals surface area contributed by atoms with E-state index in [2.05, 4.69) is 10.3 Å². The number of aliphatic hydroxyl groups excluding tert-OH is 1. The van der Waals surface area contributed by atoms with E-state index in [4.69, 9.17) is 9.47 Å². The van der Waals surface area contributed by atoms with E-state index in [0.717, 1.165) is 22.2 Å². The minimum absolute atomic E-state index is 0.0810. The Balaban J connectivity index is 1.40. The molecule has 0 fully saturated rings. The van der Waals surface area contributed by atoms with Crippen molar-refractivity contribution in [3.05, 3.63) is 78.0 Å². The Morgan fingerprint density at radius 1 is 1.21 bits per heavy atom. The minimum atomic E-state index is -0.794. The monoisotopic (exact) mass is 392 g/mol. The topological polar surface area (TPSA) is 80.7 Å². The molecule has 0 aliphatic rings. The molecule has 6 heteroatoms. The first-order chi connectivity index (χ1) is 14.2. The fourth-order valence-corrected chi connectivity index (χ4v) is 2.83. The summed E-state index contributed by atoms with van der Waals surface area (Å²) in [6.45, 7) is 0.796. The molecule has 0 spiro atoms. The number of nitrogens with zero attached hydrogens (tertiary/aromatic N) is 1. The predicted molar refractivity (Wildman–Crippen MR) is 113 cm³/mol. The van der Waals surface area contributed by atoms with Crippen molar-refractivity contribution in [3.63, 3.8) is 0 Å². The van der Waals surface area contributed by atoms with Crippen molar-refractivity contribution in [2.75, 3.05) is 26.8 Å². The number of carbonyl (C=O) groups excluding carboxylic acids is 1. The van der Waals surface area contributed by atoms with Crippen LogP contribution in [0, 0.1) is 0 Å². The summed E-state index contributed by atoms with van der Waals surface area (Å²) in [5, 5.41) is 14.1. The van der Waals surface area contributed by atoms with Gasteiger partial charge in [0, 0.05) is 30.2 Å². The number of para-hydroxylation sites is 1. The molecule has 1 unspecified atom stereocenters. The number of hydrogen-bond acceptors (Lipinski definition) is 6. The molecule has 6 nitrogen and oxygen atoms in total. The number of nitrogens with one attached hydrogen (secondary N) is 1. The van der Waals surface area contributed by atoms with E-state index in [1.807, 2.05) is 54.6 Å². The Kier molecular flexibility index (Phi) is 7.33. The van der Waals surface area contributed by atoms with Gasteiger partial charge in [-0.3, -0.25) is 4.98 Å². The predicted octanol–water partition coefficient (Wildman–Crippen LogP) is 3.06. The van der Waals surface area contributed by atoms with Gasteiger partial charge >= 0.3 is 5.97 Å². The Bertz CT molecular complexity index is 987. The van der Waals surface area contributed by atoms with Gasteiger partial charge in [-0.2, -0.15) is 0 Å². The van der Waals surface area contributed by atoms with Crippen LogP contribution in [0.4, 0.5) is 0 Å². The van der Waals surface area contributed by atoms with Gasteiger partial charge in [0.05, 0.1) is 18.2 Å². The normalized spacial score (nSPS) is 12.2. The fourth-order valence-electron chi connectivity index (χ4n) is 2.83. The summed E-state index contributed by atoms with van der Waals surface area (Å²) in [6, 6.07) is 16.7. The van der Waals surface area contributed by atoms with Gasteiger partial charge in [-0.15, -0.1) is 0 Å². The molecular formula is C23H24N2O4. The smallest absolute Gasteiger partial charge is 0.338 e. The Hall–Kier alpha value is -3.22. The molecule has 0 saturated carbocycles. The Morgan fingerprint density at radius 2 is 2.07 bits per heavy atom. The number of fused-ring (bicyclic) bond motifs is 1. The van der Waals surface area contributed by atoms with Crippen LogP contribution in [0.2, 0.25) is 0 Å². The first-order valence-electron chi connectivity index (χ1n) is 9.37. The Morgan fingerprint density at radius 3 is 2.93 bits per heavy atom. The maximum atomic E-state index is 12.2. The SMILES string of the molecule is COc1ccccc1C=CCNCC(O)COC(=O)c1ccc2cccnc2c1. The third kappa shape index (κ3) is 5.88. The van der Waals surface area contributed by atoms with Gasteiger partial charge in [-0.1, -0.05) is 42.5 Å². The molecule has 1 heterocycles. The number of esters is 1. The van der Waals surface area contributed by atoms with E-state index in [1.54, 1.807) is 25.4 Å². The van der Waals surface area contributed by atoms with E-state index >= 15 is 0 Å². The lowest BCUT2D eigenvalue weighted by atomic mass is 10.1. The Labute approximate surface area is 169 Å². The molecule has 0 radical (unpaired) electrons. The molecule has 1 atom stereocenters. The zero-order valence-corrected chi connectivity index (χ0v) is 16.2. The van der Waals surface area contributed by atoms with Crippen LogP contribution in [-0.2, 0) is 4.74 Å². The standard InChI is InChI=1S/C23H24N2O4/c1-28-22-9-3-2-6-18(22)8-4-12-24-15-20(26)16-29-23(27)19-11-10-17-7-5-13-25-21(17)14-19/h2-11,13-14,20,24,26H,12,15-16H2,1H3. The molecule has 0 saturated heterocycles. The number of benzene rings is 2.